The molecule has 0 spiro atoms. The van der Waals surface area contributed by atoms with Gasteiger partial charge in [0.25, 0.3) is 0 Å². The van der Waals surface area contributed by atoms with Crippen molar-refractivity contribution < 1.29 is 26.7 Å². The largest absolute Gasteiger partial charge is 0.480 e. The lowest BCUT2D eigenvalue weighted by molar-refractivity contribution is -0.134. The second kappa shape index (κ2) is 10.7. The lowest BCUT2D eigenvalue weighted by Gasteiger charge is -2.23. The maximum Gasteiger partial charge on any atom is 0.322 e. The fourth-order valence-corrected chi connectivity index (χ4v) is 5.33. The average molecular weight is 568 g/mol. The van der Waals surface area contributed by atoms with Crippen molar-refractivity contribution in [3.05, 3.63) is 88.4 Å². The van der Waals surface area contributed by atoms with Gasteiger partial charge in [0.1, 0.15) is 6.54 Å². The van der Waals surface area contributed by atoms with Crippen molar-refractivity contribution >= 4 is 47.6 Å². The number of carboxylic acids is 1. The van der Waals surface area contributed by atoms with Gasteiger partial charge in [0.05, 0.1) is 9.79 Å². The molecule has 0 aliphatic carbocycles. The number of nitrogens with two attached hydrogens (primary N) is 1. The van der Waals surface area contributed by atoms with E-state index in [1.54, 1.807) is 36.4 Å². The zero-order valence-corrected chi connectivity index (χ0v) is 21.0. The first-order chi connectivity index (χ1) is 15.9. The van der Waals surface area contributed by atoms with Crippen molar-refractivity contribution in [1.29, 1.82) is 0 Å². The SMILES string of the molecule is NS(=O)(=O)c1ccc(CN(Cc2cccc(NCC(=O)O)c2)S(=O)(=O)c2ccc(Br)cc2)cc1. The van der Waals surface area contributed by atoms with E-state index in [0.717, 1.165) is 4.47 Å². The Morgan fingerprint density at radius 1 is 0.882 bits per heavy atom. The van der Waals surface area contributed by atoms with Crippen LogP contribution in [0.25, 0.3) is 0 Å². The first-order valence-corrected chi connectivity index (χ1v) is 13.7. The third-order valence-electron chi connectivity index (χ3n) is 4.79. The highest BCUT2D eigenvalue weighted by Crippen LogP contribution is 2.24. The predicted octanol–water partition coefficient (Wildman–Crippen LogP) is 2.98. The Balaban J connectivity index is 1.94. The van der Waals surface area contributed by atoms with Crippen LogP contribution in [0.1, 0.15) is 11.1 Å². The number of rotatable bonds is 10. The van der Waals surface area contributed by atoms with Gasteiger partial charge < -0.3 is 10.4 Å². The van der Waals surface area contributed by atoms with Gasteiger partial charge in [0, 0.05) is 23.2 Å². The Morgan fingerprint density at radius 3 is 2.06 bits per heavy atom. The molecule has 3 aromatic carbocycles. The molecule has 0 saturated heterocycles. The summed E-state index contributed by atoms with van der Waals surface area (Å²) in [7, 11) is -7.81. The molecule has 3 rings (SSSR count). The van der Waals surface area contributed by atoms with E-state index in [9.17, 15) is 21.6 Å². The number of halogens is 1. The number of carboxylic acid groups (broad SMARTS) is 1. The van der Waals surface area contributed by atoms with Crippen LogP contribution in [-0.2, 0) is 37.9 Å². The van der Waals surface area contributed by atoms with Crippen molar-refractivity contribution in [3.8, 4) is 0 Å². The van der Waals surface area contributed by atoms with Gasteiger partial charge in [0.15, 0.2) is 0 Å². The van der Waals surface area contributed by atoms with Gasteiger partial charge >= 0.3 is 5.97 Å². The number of anilines is 1. The highest BCUT2D eigenvalue weighted by atomic mass is 79.9. The van der Waals surface area contributed by atoms with Crippen LogP contribution in [0, 0.1) is 0 Å². The van der Waals surface area contributed by atoms with Gasteiger partial charge in [0.2, 0.25) is 20.0 Å². The number of carbonyl (C=O) groups is 1. The third-order valence-corrected chi connectivity index (χ3v) is 8.06. The van der Waals surface area contributed by atoms with Crippen molar-refractivity contribution in [2.24, 2.45) is 5.14 Å². The van der Waals surface area contributed by atoms with Gasteiger partial charge in [-0.15, -0.1) is 0 Å². The lowest BCUT2D eigenvalue weighted by Crippen LogP contribution is -2.30. The number of primary sulfonamides is 1. The van der Waals surface area contributed by atoms with Crippen molar-refractivity contribution in [2.75, 3.05) is 11.9 Å². The first-order valence-electron chi connectivity index (χ1n) is 9.87. The Hall–Kier alpha value is -2.77. The second-order valence-electron chi connectivity index (χ2n) is 7.36. The molecule has 0 aliphatic heterocycles. The molecule has 180 valence electrons. The number of benzene rings is 3. The maximum atomic E-state index is 13.5. The average Bonchev–Trinajstić information content (AvgIpc) is 2.77. The Kier molecular flexibility index (Phi) is 8.10. The Morgan fingerprint density at radius 2 is 1.47 bits per heavy atom. The molecule has 4 N–H and O–H groups in total. The van der Waals surface area contributed by atoms with Crippen LogP contribution < -0.4 is 10.5 Å². The minimum absolute atomic E-state index is 0.00206. The van der Waals surface area contributed by atoms with E-state index in [1.807, 2.05) is 0 Å². The smallest absolute Gasteiger partial charge is 0.322 e. The third kappa shape index (κ3) is 6.87. The highest BCUT2D eigenvalue weighted by molar-refractivity contribution is 9.10. The minimum Gasteiger partial charge on any atom is -0.480 e. The number of nitrogens with zero attached hydrogens (tertiary/aromatic N) is 1. The molecule has 0 aliphatic rings. The number of sulfonamides is 2. The molecular weight excluding hydrogens is 546 g/mol. The van der Waals surface area contributed by atoms with E-state index in [4.69, 9.17) is 10.2 Å². The van der Waals surface area contributed by atoms with Crippen LogP contribution in [0.15, 0.2) is 87.1 Å². The molecule has 3 aromatic rings. The van der Waals surface area contributed by atoms with E-state index in [2.05, 4.69) is 21.2 Å². The zero-order valence-electron chi connectivity index (χ0n) is 17.8. The van der Waals surface area contributed by atoms with Crippen molar-refractivity contribution in [2.45, 2.75) is 22.9 Å². The van der Waals surface area contributed by atoms with E-state index < -0.39 is 26.0 Å². The van der Waals surface area contributed by atoms with Gasteiger partial charge in [-0.25, -0.2) is 22.0 Å². The fraction of sp³-hybridized carbons (Fsp3) is 0.136. The number of aliphatic carboxylic acids is 1. The second-order valence-corrected chi connectivity index (χ2v) is 11.8. The van der Waals surface area contributed by atoms with Crippen LogP contribution in [0.5, 0.6) is 0 Å². The summed E-state index contributed by atoms with van der Waals surface area (Å²) in [6.45, 7) is -0.311. The summed E-state index contributed by atoms with van der Waals surface area (Å²) < 4.78 is 52.0. The molecule has 0 amide bonds. The van der Waals surface area contributed by atoms with E-state index >= 15 is 0 Å². The molecule has 0 bridgehead atoms. The predicted molar refractivity (Wildman–Crippen MR) is 131 cm³/mol. The first kappa shape index (κ1) is 25.8. The van der Waals surface area contributed by atoms with Crippen LogP contribution in [0.2, 0.25) is 0 Å². The molecule has 0 atom stereocenters. The maximum absolute atomic E-state index is 13.5. The standard InChI is InChI=1S/C22H22BrN3O6S2/c23-18-6-10-21(11-7-18)34(31,32)26(14-16-4-8-20(9-5-16)33(24,29)30)15-17-2-1-3-19(12-17)25-13-22(27)28/h1-12,25H,13-15H2,(H,27,28)(H2,24,29,30). The van der Waals surface area contributed by atoms with Gasteiger partial charge in [-0.1, -0.05) is 40.2 Å². The minimum atomic E-state index is -3.94. The molecule has 0 unspecified atom stereocenters. The summed E-state index contributed by atoms with van der Waals surface area (Å²) in [6, 6.07) is 18.7. The van der Waals surface area contributed by atoms with Crippen molar-refractivity contribution in [1.82, 2.24) is 4.31 Å². The number of nitrogens with one attached hydrogen (secondary N) is 1. The van der Waals surface area contributed by atoms with Crippen LogP contribution >= 0.6 is 15.9 Å². The summed E-state index contributed by atoms with van der Waals surface area (Å²) in [5, 5.41) is 16.8. The molecular formula is C22H22BrN3O6S2. The van der Waals surface area contributed by atoms with Crippen molar-refractivity contribution in [3.63, 3.8) is 0 Å². The van der Waals surface area contributed by atoms with Crippen LogP contribution in [-0.4, -0.2) is 38.8 Å². The van der Waals surface area contributed by atoms with E-state index in [-0.39, 0.29) is 29.4 Å². The monoisotopic (exact) mass is 567 g/mol. The quantitative estimate of drug-likeness (QED) is 0.341. The molecule has 0 aromatic heterocycles. The molecule has 12 heteroatoms. The summed E-state index contributed by atoms with van der Waals surface area (Å²) in [5.74, 6) is -1.02. The van der Waals surface area contributed by atoms with E-state index in [1.165, 1.54) is 40.7 Å². The molecule has 34 heavy (non-hydrogen) atoms. The molecule has 0 saturated carbocycles. The lowest BCUT2D eigenvalue weighted by atomic mass is 10.2. The van der Waals surface area contributed by atoms with Crippen LogP contribution in [0.3, 0.4) is 0 Å². The Bertz CT molecular complexity index is 1380. The van der Waals surface area contributed by atoms with Gasteiger partial charge in [-0.3, -0.25) is 4.79 Å². The summed E-state index contributed by atoms with van der Waals surface area (Å²) in [5.41, 5.74) is 1.74. The van der Waals surface area contributed by atoms with E-state index in [0.29, 0.717) is 16.8 Å². The highest BCUT2D eigenvalue weighted by Gasteiger charge is 2.25. The van der Waals surface area contributed by atoms with Crippen LogP contribution in [0.4, 0.5) is 5.69 Å². The molecule has 0 fully saturated rings. The fourth-order valence-electron chi connectivity index (χ4n) is 3.13. The van der Waals surface area contributed by atoms with Gasteiger partial charge in [-0.2, -0.15) is 4.31 Å². The normalized spacial score (nSPS) is 12.0. The zero-order chi connectivity index (χ0) is 24.9. The summed E-state index contributed by atoms with van der Waals surface area (Å²) in [6.07, 6.45) is 0. The summed E-state index contributed by atoms with van der Waals surface area (Å²) >= 11 is 3.30. The number of hydrogen-bond acceptors (Lipinski definition) is 6. The summed E-state index contributed by atoms with van der Waals surface area (Å²) in [4.78, 5) is 10.9. The Labute approximate surface area is 206 Å². The molecule has 9 nitrogen and oxygen atoms in total. The molecule has 0 radical (unpaired) electrons. The number of hydrogen-bond donors (Lipinski definition) is 3. The van der Waals surface area contributed by atoms with Gasteiger partial charge in [-0.05, 0) is 59.7 Å². The topological polar surface area (TPSA) is 147 Å². The molecule has 0 heterocycles.